The summed E-state index contributed by atoms with van der Waals surface area (Å²) in [5.41, 5.74) is 3.65. The van der Waals surface area contributed by atoms with Gasteiger partial charge in [-0.2, -0.15) is 5.10 Å². The highest BCUT2D eigenvalue weighted by molar-refractivity contribution is 8.15. The van der Waals surface area contributed by atoms with Crippen LogP contribution in [0.1, 0.15) is 23.1 Å². The molecular weight excluding hydrogens is 274 g/mol. The summed E-state index contributed by atoms with van der Waals surface area (Å²) in [5.74, 6) is 1.20. The number of carbonyl (C=O) groups is 1. The Bertz CT molecular complexity index is 611. The largest absolute Gasteiger partial charge is 0.496 e. The average Bonchev–Trinajstić information content (AvgIpc) is 3.06. The van der Waals surface area contributed by atoms with E-state index in [1.807, 2.05) is 0 Å². The number of amides is 1. The van der Waals surface area contributed by atoms with E-state index in [4.69, 9.17) is 4.74 Å². The highest BCUT2D eigenvalue weighted by atomic mass is 32.2. The molecule has 0 atom stereocenters. The van der Waals surface area contributed by atoms with Gasteiger partial charge in [0.2, 0.25) is 5.91 Å². The van der Waals surface area contributed by atoms with E-state index in [0.29, 0.717) is 10.9 Å². The van der Waals surface area contributed by atoms with Gasteiger partial charge < -0.3 is 10.1 Å². The highest BCUT2D eigenvalue weighted by Gasteiger charge is 2.16. The molecule has 2 aliphatic rings. The number of aryl methyl sites for hydroxylation is 2. The standard InChI is InChI=1S/C14H15N3O2S/c1-19-12-6-10-4-2-3-9(10)5-11(12)7-15-17-14-16-13(18)8-20-14/h5-7H,2-4,8H2,1H3,(H,16,17,18). The van der Waals surface area contributed by atoms with Crippen LogP contribution in [0.15, 0.2) is 22.3 Å². The van der Waals surface area contributed by atoms with Crippen LogP contribution in [0.2, 0.25) is 0 Å². The predicted octanol–water partition coefficient (Wildman–Crippen LogP) is 1.74. The maximum Gasteiger partial charge on any atom is 0.236 e. The van der Waals surface area contributed by atoms with Crippen LogP contribution < -0.4 is 10.1 Å². The Morgan fingerprint density at radius 1 is 1.35 bits per heavy atom. The highest BCUT2D eigenvalue weighted by Crippen LogP contribution is 2.29. The maximum absolute atomic E-state index is 11.0. The van der Waals surface area contributed by atoms with Crippen molar-refractivity contribution < 1.29 is 9.53 Å². The topological polar surface area (TPSA) is 63.1 Å². The summed E-state index contributed by atoms with van der Waals surface area (Å²) in [5, 5.41) is 11.2. The number of hydrogen-bond donors (Lipinski definition) is 1. The first-order valence-electron chi connectivity index (χ1n) is 6.50. The first kappa shape index (κ1) is 13.2. The van der Waals surface area contributed by atoms with Gasteiger partial charge >= 0.3 is 0 Å². The van der Waals surface area contributed by atoms with Crippen molar-refractivity contribution in [3.05, 3.63) is 28.8 Å². The Morgan fingerprint density at radius 3 is 2.85 bits per heavy atom. The Morgan fingerprint density at radius 2 is 2.15 bits per heavy atom. The fraction of sp³-hybridized carbons (Fsp3) is 0.357. The number of methoxy groups -OCH3 is 1. The normalized spacial score (nSPS) is 19.6. The van der Waals surface area contributed by atoms with Gasteiger partial charge in [-0.05, 0) is 42.5 Å². The maximum atomic E-state index is 11.0. The molecule has 1 heterocycles. The summed E-state index contributed by atoms with van der Waals surface area (Å²) >= 11 is 1.36. The summed E-state index contributed by atoms with van der Waals surface area (Å²) in [6.07, 6.45) is 5.11. The van der Waals surface area contributed by atoms with Gasteiger partial charge in [-0.3, -0.25) is 4.79 Å². The van der Waals surface area contributed by atoms with E-state index in [9.17, 15) is 4.79 Å². The SMILES string of the molecule is COc1cc2c(cc1C=NN=C1NC(=O)CS1)CCC2. The fourth-order valence-corrected chi connectivity index (χ4v) is 3.05. The summed E-state index contributed by atoms with van der Waals surface area (Å²) < 4.78 is 5.40. The van der Waals surface area contributed by atoms with Gasteiger partial charge in [-0.1, -0.05) is 11.8 Å². The number of fused-ring (bicyclic) bond motifs is 1. The summed E-state index contributed by atoms with van der Waals surface area (Å²) in [4.78, 5) is 11.0. The molecule has 0 unspecified atom stereocenters. The number of thioether (sulfide) groups is 1. The van der Waals surface area contributed by atoms with Crippen molar-refractivity contribution >= 4 is 29.1 Å². The second-order valence-electron chi connectivity index (χ2n) is 4.70. The van der Waals surface area contributed by atoms with Gasteiger partial charge in [0.25, 0.3) is 0 Å². The number of nitrogens with one attached hydrogen (secondary N) is 1. The van der Waals surface area contributed by atoms with E-state index in [1.54, 1.807) is 13.3 Å². The van der Waals surface area contributed by atoms with E-state index >= 15 is 0 Å². The molecule has 20 heavy (non-hydrogen) atoms. The van der Waals surface area contributed by atoms with Crippen LogP contribution in [0.3, 0.4) is 0 Å². The third kappa shape index (κ3) is 2.70. The van der Waals surface area contributed by atoms with Gasteiger partial charge in [0.1, 0.15) is 5.75 Å². The van der Waals surface area contributed by atoms with Crippen molar-refractivity contribution in [3.8, 4) is 5.75 Å². The van der Waals surface area contributed by atoms with E-state index in [1.165, 1.54) is 29.3 Å². The summed E-state index contributed by atoms with van der Waals surface area (Å²) in [7, 11) is 1.66. The molecule has 1 amide bonds. The van der Waals surface area contributed by atoms with Crippen molar-refractivity contribution in [2.45, 2.75) is 19.3 Å². The summed E-state index contributed by atoms with van der Waals surface area (Å²) in [6.45, 7) is 0. The molecule has 5 nitrogen and oxygen atoms in total. The zero-order chi connectivity index (χ0) is 13.9. The first-order valence-corrected chi connectivity index (χ1v) is 7.48. The zero-order valence-corrected chi connectivity index (χ0v) is 12.0. The van der Waals surface area contributed by atoms with Crippen molar-refractivity contribution in [3.63, 3.8) is 0 Å². The van der Waals surface area contributed by atoms with Crippen LogP contribution >= 0.6 is 11.8 Å². The minimum absolute atomic E-state index is 0.0286. The Balaban J connectivity index is 1.81. The van der Waals surface area contributed by atoms with Crippen LogP contribution in [0.4, 0.5) is 0 Å². The van der Waals surface area contributed by atoms with E-state index in [-0.39, 0.29) is 5.91 Å². The van der Waals surface area contributed by atoms with Gasteiger partial charge in [-0.15, -0.1) is 5.10 Å². The number of hydrogen-bond acceptors (Lipinski definition) is 5. The lowest BCUT2D eigenvalue weighted by atomic mass is 10.1. The van der Waals surface area contributed by atoms with Crippen molar-refractivity contribution in [1.82, 2.24) is 5.32 Å². The van der Waals surface area contributed by atoms with Gasteiger partial charge in [0.05, 0.1) is 19.1 Å². The molecule has 1 saturated heterocycles. The van der Waals surface area contributed by atoms with E-state index in [2.05, 4.69) is 27.7 Å². The average molecular weight is 289 g/mol. The number of carbonyl (C=O) groups excluding carboxylic acids is 1. The Hall–Kier alpha value is -1.82. The number of rotatable bonds is 3. The number of ether oxygens (including phenoxy) is 1. The molecular formula is C14H15N3O2S. The molecule has 104 valence electrons. The molecule has 3 rings (SSSR count). The lowest BCUT2D eigenvalue weighted by molar-refractivity contribution is -0.116. The van der Waals surface area contributed by atoms with Crippen molar-refractivity contribution in [2.75, 3.05) is 12.9 Å². The number of nitrogens with zero attached hydrogens (tertiary/aromatic N) is 2. The molecule has 1 aliphatic carbocycles. The minimum atomic E-state index is -0.0286. The van der Waals surface area contributed by atoms with E-state index < -0.39 is 0 Å². The van der Waals surface area contributed by atoms with Gasteiger partial charge in [0, 0.05) is 5.56 Å². The monoisotopic (exact) mass is 289 g/mol. The second-order valence-corrected chi connectivity index (χ2v) is 5.67. The van der Waals surface area contributed by atoms with Crippen LogP contribution in [0.25, 0.3) is 0 Å². The molecule has 0 aromatic heterocycles. The molecule has 0 bridgehead atoms. The lowest BCUT2D eigenvalue weighted by Crippen LogP contribution is -2.19. The zero-order valence-electron chi connectivity index (χ0n) is 11.2. The van der Waals surface area contributed by atoms with Crippen LogP contribution in [-0.4, -0.2) is 30.2 Å². The molecule has 0 saturated carbocycles. The molecule has 0 radical (unpaired) electrons. The lowest BCUT2D eigenvalue weighted by Gasteiger charge is -2.07. The van der Waals surface area contributed by atoms with Crippen molar-refractivity contribution in [2.24, 2.45) is 10.2 Å². The Labute approximate surface area is 121 Å². The fourth-order valence-electron chi connectivity index (χ4n) is 2.42. The molecule has 0 spiro atoms. The first-order chi connectivity index (χ1) is 9.76. The third-order valence-corrected chi connectivity index (χ3v) is 4.24. The minimum Gasteiger partial charge on any atom is -0.496 e. The third-order valence-electron chi connectivity index (χ3n) is 3.38. The number of amidine groups is 1. The summed E-state index contributed by atoms with van der Waals surface area (Å²) in [6, 6.07) is 4.20. The van der Waals surface area contributed by atoms with Crippen molar-refractivity contribution in [1.29, 1.82) is 0 Å². The molecule has 1 N–H and O–H groups in total. The Kier molecular flexibility index (Phi) is 3.73. The second kappa shape index (κ2) is 5.66. The predicted molar refractivity (Wildman–Crippen MR) is 80.6 cm³/mol. The van der Waals surface area contributed by atoms with Gasteiger partial charge in [-0.25, -0.2) is 0 Å². The molecule has 1 aliphatic heterocycles. The van der Waals surface area contributed by atoms with Crippen LogP contribution in [-0.2, 0) is 17.6 Å². The number of benzene rings is 1. The molecule has 1 fully saturated rings. The molecule has 6 heteroatoms. The smallest absolute Gasteiger partial charge is 0.236 e. The quantitative estimate of drug-likeness (QED) is 0.681. The van der Waals surface area contributed by atoms with Crippen LogP contribution in [0.5, 0.6) is 5.75 Å². The molecule has 1 aromatic carbocycles. The van der Waals surface area contributed by atoms with Crippen LogP contribution in [0, 0.1) is 0 Å². The molecule has 1 aromatic rings. The van der Waals surface area contributed by atoms with E-state index in [0.717, 1.165) is 24.2 Å². The van der Waals surface area contributed by atoms with Gasteiger partial charge in [0.15, 0.2) is 5.17 Å².